The van der Waals surface area contributed by atoms with Gasteiger partial charge in [0.25, 0.3) is 0 Å². The maximum Gasteiger partial charge on any atom is 0.191 e. The van der Waals surface area contributed by atoms with E-state index in [0.29, 0.717) is 13.2 Å². The minimum Gasteiger partial charge on any atom is -0.389 e. The van der Waals surface area contributed by atoms with Gasteiger partial charge in [0.05, 0.1) is 25.3 Å². The van der Waals surface area contributed by atoms with Crippen LogP contribution in [0.3, 0.4) is 0 Å². The predicted octanol–water partition coefficient (Wildman–Crippen LogP) is 2.15. The van der Waals surface area contributed by atoms with Crippen LogP contribution >= 0.6 is 11.3 Å². The zero-order valence-corrected chi connectivity index (χ0v) is 14.2. The van der Waals surface area contributed by atoms with Gasteiger partial charge in [0.1, 0.15) is 0 Å². The molecule has 0 radical (unpaired) electrons. The molecule has 1 saturated carbocycles. The molecular formula is C16H27N3O2S. The van der Waals surface area contributed by atoms with E-state index in [4.69, 9.17) is 4.74 Å². The SMILES string of the molecule is CCNC(=NCC(O)COCC1CC1)NC(C)c1cccs1. The monoisotopic (exact) mass is 325 g/mol. The molecule has 1 aromatic heterocycles. The Kier molecular flexibility index (Phi) is 7.15. The summed E-state index contributed by atoms with van der Waals surface area (Å²) in [6.07, 6.45) is 1.98. The van der Waals surface area contributed by atoms with Crippen molar-refractivity contribution in [2.45, 2.75) is 38.8 Å². The average Bonchev–Trinajstić information content (AvgIpc) is 3.15. The largest absolute Gasteiger partial charge is 0.389 e. The number of guanidine groups is 1. The molecule has 0 saturated heterocycles. The maximum absolute atomic E-state index is 9.93. The number of thiophene rings is 1. The van der Waals surface area contributed by atoms with Crippen molar-refractivity contribution in [3.63, 3.8) is 0 Å². The standard InChI is InChI=1S/C16H27N3O2S/c1-3-17-16(19-12(2)15-5-4-8-22-15)18-9-14(20)11-21-10-13-6-7-13/h4-5,8,12-14,20H,3,6-7,9-11H2,1-2H3,(H2,17,18,19). The van der Waals surface area contributed by atoms with Gasteiger partial charge in [-0.25, -0.2) is 0 Å². The fourth-order valence-corrected chi connectivity index (χ4v) is 2.77. The Morgan fingerprint density at radius 2 is 2.36 bits per heavy atom. The molecule has 22 heavy (non-hydrogen) atoms. The van der Waals surface area contributed by atoms with Crippen molar-refractivity contribution >= 4 is 17.3 Å². The molecule has 1 aliphatic carbocycles. The highest BCUT2D eigenvalue weighted by Crippen LogP contribution is 2.28. The second kappa shape index (κ2) is 9.12. The van der Waals surface area contributed by atoms with Crippen LogP contribution in [0.2, 0.25) is 0 Å². The summed E-state index contributed by atoms with van der Waals surface area (Å²) in [6.45, 7) is 6.40. The molecule has 1 fully saturated rings. The van der Waals surface area contributed by atoms with E-state index in [1.165, 1.54) is 17.7 Å². The molecule has 1 aliphatic rings. The van der Waals surface area contributed by atoms with Crippen molar-refractivity contribution in [3.8, 4) is 0 Å². The quantitative estimate of drug-likeness (QED) is 0.481. The van der Waals surface area contributed by atoms with Crippen molar-refractivity contribution in [1.29, 1.82) is 0 Å². The molecule has 3 N–H and O–H groups in total. The Hall–Kier alpha value is -1.11. The molecule has 0 aromatic carbocycles. The number of nitrogens with zero attached hydrogens (tertiary/aromatic N) is 1. The third-order valence-electron chi connectivity index (χ3n) is 3.49. The summed E-state index contributed by atoms with van der Waals surface area (Å²) in [5.41, 5.74) is 0. The average molecular weight is 325 g/mol. The molecule has 2 unspecified atom stereocenters. The van der Waals surface area contributed by atoms with Crippen LogP contribution in [-0.2, 0) is 4.74 Å². The minimum absolute atomic E-state index is 0.195. The van der Waals surface area contributed by atoms with Gasteiger partial charge in [-0.1, -0.05) is 6.07 Å². The summed E-state index contributed by atoms with van der Waals surface area (Å²) in [6, 6.07) is 4.34. The number of aliphatic hydroxyl groups is 1. The second-order valence-corrected chi connectivity index (χ2v) is 6.71. The first kappa shape index (κ1) is 17.2. The smallest absolute Gasteiger partial charge is 0.191 e. The molecular weight excluding hydrogens is 298 g/mol. The molecule has 5 nitrogen and oxygen atoms in total. The number of nitrogens with one attached hydrogen (secondary N) is 2. The van der Waals surface area contributed by atoms with E-state index in [0.717, 1.165) is 25.0 Å². The van der Waals surface area contributed by atoms with Crippen LogP contribution in [0.4, 0.5) is 0 Å². The summed E-state index contributed by atoms with van der Waals surface area (Å²) in [5.74, 6) is 1.45. The second-order valence-electron chi connectivity index (χ2n) is 5.74. The van der Waals surface area contributed by atoms with Gasteiger partial charge in [0, 0.05) is 18.0 Å². The lowest BCUT2D eigenvalue weighted by Crippen LogP contribution is -2.39. The Balaban J connectivity index is 1.75. The lowest BCUT2D eigenvalue weighted by atomic mass is 10.3. The zero-order valence-electron chi connectivity index (χ0n) is 13.4. The first-order chi connectivity index (χ1) is 10.7. The highest BCUT2D eigenvalue weighted by Gasteiger charge is 2.21. The van der Waals surface area contributed by atoms with Crippen molar-refractivity contribution in [3.05, 3.63) is 22.4 Å². The Labute approximate surface area is 136 Å². The number of ether oxygens (including phenoxy) is 1. The molecule has 6 heteroatoms. The van der Waals surface area contributed by atoms with Gasteiger partial charge < -0.3 is 20.5 Å². The van der Waals surface area contributed by atoms with Crippen LogP contribution in [-0.4, -0.2) is 43.5 Å². The fraction of sp³-hybridized carbons (Fsp3) is 0.688. The van der Waals surface area contributed by atoms with Gasteiger partial charge in [-0.05, 0) is 44.1 Å². The highest BCUT2D eigenvalue weighted by molar-refractivity contribution is 7.10. The fourth-order valence-electron chi connectivity index (χ4n) is 2.04. The molecule has 2 atom stereocenters. The van der Waals surface area contributed by atoms with E-state index < -0.39 is 6.10 Å². The van der Waals surface area contributed by atoms with Crippen LogP contribution in [0.25, 0.3) is 0 Å². The topological polar surface area (TPSA) is 65.9 Å². The number of aliphatic imine (C=N–C) groups is 1. The molecule has 124 valence electrons. The van der Waals surface area contributed by atoms with E-state index in [1.54, 1.807) is 11.3 Å². The molecule has 0 spiro atoms. The first-order valence-electron chi connectivity index (χ1n) is 8.03. The lowest BCUT2D eigenvalue weighted by Gasteiger charge is -2.17. The highest BCUT2D eigenvalue weighted by atomic mass is 32.1. The molecule has 1 aromatic rings. The van der Waals surface area contributed by atoms with Crippen LogP contribution in [0.1, 0.15) is 37.6 Å². The van der Waals surface area contributed by atoms with Gasteiger partial charge >= 0.3 is 0 Å². The maximum atomic E-state index is 9.93. The van der Waals surface area contributed by atoms with Gasteiger partial charge in [-0.15, -0.1) is 11.3 Å². The molecule has 0 aliphatic heterocycles. The van der Waals surface area contributed by atoms with Crippen molar-refractivity contribution in [2.75, 3.05) is 26.3 Å². The molecule has 0 bridgehead atoms. The summed E-state index contributed by atoms with van der Waals surface area (Å²) < 4.78 is 5.49. The van der Waals surface area contributed by atoms with Gasteiger partial charge in [-0.3, -0.25) is 4.99 Å². The van der Waals surface area contributed by atoms with Crippen LogP contribution in [0.15, 0.2) is 22.5 Å². The number of hydrogen-bond acceptors (Lipinski definition) is 4. The molecule has 1 heterocycles. The predicted molar refractivity (Wildman–Crippen MR) is 91.4 cm³/mol. The number of aliphatic hydroxyl groups excluding tert-OH is 1. The summed E-state index contributed by atoms with van der Waals surface area (Å²) in [4.78, 5) is 5.71. The Morgan fingerprint density at radius 3 is 3.00 bits per heavy atom. The van der Waals surface area contributed by atoms with Crippen LogP contribution in [0, 0.1) is 5.92 Å². The van der Waals surface area contributed by atoms with Gasteiger partial charge in [0.15, 0.2) is 5.96 Å². The number of hydrogen-bond donors (Lipinski definition) is 3. The third kappa shape index (κ3) is 6.34. The lowest BCUT2D eigenvalue weighted by molar-refractivity contribution is 0.0368. The van der Waals surface area contributed by atoms with Gasteiger partial charge in [0.2, 0.25) is 0 Å². The van der Waals surface area contributed by atoms with Crippen LogP contribution < -0.4 is 10.6 Å². The summed E-state index contributed by atoms with van der Waals surface area (Å²) in [7, 11) is 0. The van der Waals surface area contributed by atoms with E-state index in [2.05, 4.69) is 34.0 Å². The normalized spacial score (nSPS) is 18.0. The van der Waals surface area contributed by atoms with E-state index >= 15 is 0 Å². The number of rotatable bonds is 9. The Morgan fingerprint density at radius 1 is 1.55 bits per heavy atom. The van der Waals surface area contributed by atoms with Crippen molar-refractivity contribution in [2.24, 2.45) is 10.9 Å². The summed E-state index contributed by atoms with van der Waals surface area (Å²) >= 11 is 1.72. The molecule has 2 rings (SSSR count). The molecule has 0 amide bonds. The van der Waals surface area contributed by atoms with Crippen LogP contribution in [0.5, 0.6) is 0 Å². The van der Waals surface area contributed by atoms with Gasteiger partial charge in [-0.2, -0.15) is 0 Å². The van der Waals surface area contributed by atoms with E-state index in [-0.39, 0.29) is 6.04 Å². The zero-order chi connectivity index (χ0) is 15.8. The Bertz CT molecular complexity index is 446. The first-order valence-corrected chi connectivity index (χ1v) is 8.91. The van der Waals surface area contributed by atoms with Crippen molar-refractivity contribution in [1.82, 2.24) is 10.6 Å². The van der Waals surface area contributed by atoms with E-state index in [9.17, 15) is 5.11 Å². The van der Waals surface area contributed by atoms with E-state index in [1.807, 2.05) is 13.0 Å². The minimum atomic E-state index is -0.550. The van der Waals surface area contributed by atoms with Crippen molar-refractivity contribution < 1.29 is 9.84 Å². The third-order valence-corrected chi connectivity index (χ3v) is 4.54. The summed E-state index contributed by atoms with van der Waals surface area (Å²) in [5, 5.41) is 18.6.